The largest absolute Gasteiger partial charge is 0.490 e. The van der Waals surface area contributed by atoms with Crippen molar-refractivity contribution in [1.29, 1.82) is 5.41 Å². The average molecular weight is 419 g/mol. The molecule has 6 nitrogen and oxygen atoms in total. The standard InChI is InChI=1S/C22H27F2N3O3/c1-4-29-20(18-16(23)9-10-17(19(18)24)30-12-13(2)3)22(28)27-11-14-5-7-15(8-6-14)21(25)26/h5-10,13,20H,4,11-12H2,1-3H3,(H3,25,26)(H,27,28). The van der Waals surface area contributed by atoms with Gasteiger partial charge in [0, 0.05) is 18.7 Å². The highest BCUT2D eigenvalue weighted by atomic mass is 19.1. The molecule has 1 amide bonds. The zero-order valence-corrected chi connectivity index (χ0v) is 17.3. The van der Waals surface area contributed by atoms with E-state index < -0.39 is 29.2 Å². The Balaban J connectivity index is 2.20. The summed E-state index contributed by atoms with van der Waals surface area (Å²) >= 11 is 0. The monoisotopic (exact) mass is 419 g/mol. The van der Waals surface area contributed by atoms with E-state index in [1.54, 1.807) is 31.2 Å². The van der Waals surface area contributed by atoms with Crippen LogP contribution in [0.3, 0.4) is 0 Å². The van der Waals surface area contributed by atoms with Crippen molar-refractivity contribution < 1.29 is 23.0 Å². The summed E-state index contributed by atoms with van der Waals surface area (Å²) in [6.07, 6.45) is -1.46. The van der Waals surface area contributed by atoms with Gasteiger partial charge in [-0.15, -0.1) is 0 Å². The fourth-order valence-electron chi connectivity index (χ4n) is 2.70. The third-order valence-electron chi connectivity index (χ3n) is 4.23. The molecule has 8 heteroatoms. The second kappa shape index (κ2) is 10.7. The lowest BCUT2D eigenvalue weighted by Gasteiger charge is -2.20. The maximum absolute atomic E-state index is 14.9. The third-order valence-corrected chi connectivity index (χ3v) is 4.23. The van der Waals surface area contributed by atoms with Crippen LogP contribution in [0.1, 0.15) is 43.6 Å². The lowest BCUT2D eigenvalue weighted by molar-refractivity contribution is -0.133. The zero-order chi connectivity index (χ0) is 22.3. The van der Waals surface area contributed by atoms with E-state index in [1.807, 2.05) is 13.8 Å². The number of rotatable bonds is 10. The SMILES string of the molecule is CCOC(C(=O)NCc1ccc(C(=N)N)cc1)c1c(F)ccc(OCC(C)C)c1F. The van der Waals surface area contributed by atoms with E-state index in [0.29, 0.717) is 5.56 Å². The van der Waals surface area contributed by atoms with Gasteiger partial charge in [0.25, 0.3) is 5.91 Å². The van der Waals surface area contributed by atoms with Crippen LogP contribution in [0.25, 0.3) is 0 Å². The van der Waals surface area contributed by atoms with Crippen LogP contribution in [0.2, 0.25) is 0 Å². The summed E-state index contributed by atoms with van der Waals surface area (Å²) in [6.45, 7) is 5.90. The summed E-state index contributed by atoms with van der Waals surface area (Å²) in [4.78, 5) is 12.7. The summed E-state index contributed by atoms with van der Waals surface area (Å²) in [5, 5.41) is 10.0. The van der Waals surface area contributed by atoms with Gasteiger partial charge in [-0.25, -0.2) is 8.78 Å². The second-order valence-corrected chi connectivity index (χ2v) is 7.14. The summed E-state index contributed by atoms with van der Waals surface area (Å²) in [5.41, 5.74) is 6.22. The van der Waals surface area contributed by atoms with E-state index in [0.717, 1.165) is 11.6 Å². The highest BCUT2D eigenvalue weighted by molar-refractivity contribution is 5.94. The first-order chi connectivity index (χ1) is 14.2. The van der Waals surface area contributed by atoms with Crippen molar-refractivity contribution in [3.63, 3.8) is 0 Å². The van der Waals surface area contributed by atoms with Crippen molar-refractivity contribution >= 4 is 11.7 Å². The molecule has 2 rings (SSSR count). The van der Waals surface area contributed by atoms with E-state index in [2.05, 4.69) is 5.32 Å². The van der Waals surface area contributed by atoms with Crippen LogP contribution >= 0.6 is 0 Å². The van der Waals surface area contributed by atoms with E-state index in [9.17, 15) is 13.6 Å². The molecular weight excluding hydrogens is 392 g/mol. The molecule has 1 atom stereocenters. The van der Waals surface area contributed by atoms with Gasteiger partial charge in [-0.2, -0.15) is 0 Å². The Hall–Kier alpha value is -3.00. The number of benzene rings is 2. The molecule has 0 aromatic heterocycles. The molecule has 4 N–H and O–H groups in total. The minimum absolute atomic E-state index is 0.0625. The van der Waals surface area contributed by atoms with Gasteiger partial charge in [0.15, 0.2) is 17.7 Å². The number of hydrogen-bond acceptors (Lipinski definition) is 4. The molecule has 0 aliphatic rings. The molecule has 0 aliphatic heterocycles. The molecular formula is C22H27F2N3O3. The first-order valence-electron chi connectivity index (χ1n) is 9.67. The highest BCUT2D eigenvalue weighted by Gasteiger charge is 2.29. The van der Waals surface area contributed by atoms with Gasteiger partial charge in [0.1, 0.15) is 11.7 Å². The minimum atomic E-state index is -1.46. The maximum Gasteiger partial charge on any atom is 0.254 e. The maximum atomic E-state index is 14.9. The number of nitrogens with one attached hydrogen (secondary N) is 2. The van der Waals surface area contributed by atoms with Crippen molar-refractivity contribution in [2.24, 2.45) is 11.7 Å². The summed E-state index contributed by atoms with van der Waals surface area (Å²) in [5.74, 6) is -2.55. The molecule has 30 heavy (non-hydrogen) atoms. The number of carbonyl (C=O) groups excluding carboxylic acids is 1. The van der Waals surface area contributed by atoms with Crippen molar-refractivity contribution in [3.05, 3.63) is 64.7 Å². The van der Waals surface area contributed by atoms with Crippen molar-refractivity contribution in [1.82, 2.24) is 5.32 Å². The van der Waals surface area contributed by atoms with Gasteiger partial charge in [-0.1, -0.05) is 38.1 Å². The van der Waals surface area contributed by atoms with Crippen molar-refractivity contribution in [3.8, 4) is 5.75 Å². The fraction of sp³-hybridized carbons (Fsp3) is 0.364. The van der Waals surface area contributed by atoms with Crippen LogP contribution in [0.5, 0.6) is 5.75 Å². The Labute approximate surface area is 174 Å². The topological polar surface area (TPSA) is 97.4 Å². The Bertz CT molecular complexity index is 886. The normalized spacial score (nSPS) is 11.9. The number of nitrogen functional groups attached to an aromatic ring is 1. The molecule has 0 radical (unpaired) electrons. The van der Waals surface area contributed by atoms with E-state index >= 15 is 0 Å². The van der Waals surface area contributed by atoms with Crippen LogP contribution < -0.4 is 15.8 Å². The fourth-order valence-corrected chi connectivity index (χ4v) is 2.70. The van der Waals surface area contributed by atoms with Gasteiger partial charge in [0.2, 0.25) is 0 Å². The van der Waals surface area contributed by atoms with E-state index in [-0.39, 0.29) is 37.3 Å². The first kappa shape index (κ1) is 23.3. The molecule has 0 saturated carbocycles. The number of ether oxygens (including phenoxy) is 2. The Morgan fingerprint density at radius 3 is 2.40 bits per heavy atom. The second-order valence-electron chi connectivity index (χ2n) is 7.14. The van der Waals surface area contributed by atoms with E-state index in [1.165, 1.54) is 6.07 Å². The van der Waals surface area contributed by atoms with Gasteiger partial charge >= 0.3 is 0 Å². The number of halogens is 2. The molecule has 0 fully saturated rings. The molecule has 2 aromatic rings. The summed E-state index contributed by atoms with van der Waals surface area (Å²) in [7, 11) is 0. The number of amidine groups is 1. The molecule has 0 spiro atoms. The molecule has 2 aromatic carbocycles. The number of hydrogen-bond donors (Lipinski definition) is 3. The minimum Gasteiger partial charge on any atom is -0.490 e. The van der Waals surface area contributed by atoms with Crippen LogP contribution in [0.15, 0.2) is 36.4 Å². The van der Waals surface area contributed by atoms with Crippen LogP contribution in [-0.2, 0) is 16.1 Å². The molecule has 1 unspecified atom stereocenters. The van der Waals surface area contributed by atoms with Gasteiger partial charge < -0.3 is 20.5 Å². The Morgan fingerprint density at radius 1 is 1.17 bits per heavy atom. The molecule has 162 valence electrons. The number of nitrogens with two attached hydrogens (primary N) is 1. The first-order valence-corrected chi connectivity index (χ1v) is 9.67. The summed E-state index contributed by atoms with van der Waals surface area (Å²) < 4.78 is 40.2. The summed E-state index contributed by atoms with van der Waals surface area (Å²) in [6, 6.07) is 8.97. The zero-order valence-electron chi connectivity index (χ0n) is 17.3. The van der Waals surface area contributed by atoms with Crippen molar-refractivity contribution in [2.75, 3.05) is 13.2 Å². The Kier molecular flexibility index (Phi) is 8.29. The molecule has 0 saturated heterocycles. The number of amides is 1. The van der Waals surface area contributed by atoms with Crippen LogP contribution in [0.4, 0.5) is 8.78 Å². The van der Waals surface area contributed by atoms with Crippen LogP contribution in [0, 0.1) is 23.0 Å². The Morgan fingerprint density at radius 2 is 1.83 bits per heavy atom. The van der Waals surface area contributed by atoms with Crippen molar-refractivity contribution in [2.45, 2.75) is 33.4 Å². The van der Waals surface area contributed by atoms with E-state index in [4.69, 9.17) is 20.6 Å². The number of carbonyl (C=O) groups is 1. The quantitative estimate of drug-likeness (QED) is 0.404. The molecule has 0 bridgehead atoms. The van der Waals surface area contributed by atoms with Crippen LogP contribution in [-0.4, -0.2) is 25.0 Å². The van der Waals surface area contributed by atoms with Gasteiger partial charge in [0.05, 0.1) is 12.2 Å². The van der Waals surface area contributed by atoms with Gasteiger partial charge in [-0.3, -0.25) is 10.2 Å². The average Bonchev–Trinajstić information content (AvgIpc) is 2.71. The lowest BCUT2D eigenvalue weighted by atomic mass is 10.1. The predicted octanol–water partition coefficient (Wildman–Crippen LogP) is 3.68. The smallest absolute Gasteiger partial charge is 0.254 e. The molecule has 0 aliphatic carbocycles. The predicted molar refractivity (Wildman–Crippen MR) is 110 cm³/mol. The van der Waals surface area contributed by atoms with Gasteiger partial charge in [-0.05, 0) is 30.5 Å². The lowest BCUT2D eigenvalue weighted by Crippen LogP contribution is -2.32. The molecule has 0 heterocycles. The third kappa shape index (κ3) is 6.00. The highest BCUT2D eigenvalue weighted by Crippen LogP contribution is 2.30.